The standard InChI is InChI=1S/C20H19FN2O4/c1-13-17(19(24)27-12-11-26-16-5-3-2-4-6-16)18(23-20(25)22-13)14-7-9-15(21)10-8-14/h2-10,18H,11-12H2,1H3,(H2,22,23,25)/t18-/m1/s1. The number of ether oxygens (including phenoxy) is 2. The first-order valence-corrected chi connectivity index (χ1v) is 8.43. The van der Waals surface area contributed by atoms with Crippen molar-refractivity contribution in [1.29, 1.82) is 0 Å². The van der Waals surface area contributed by atoms with E-state index in [1.54, 1.807) is 19.1 Å². The van der Waals surface area contributed by atoms with Crippen LogP contribution in [0.2, 0.25) is 0 Å². The zero-order valence-electron chi connectivity index (χ0n) is 14.7. The number of hydrogen-bond donors (Lipinski definition) is 2. The molecule has 0 bridgehead atoms. The van der Waals surface area contributed by atoms with Crippen LogP contribution in [0.25, 0.3) is 0 Å². The summed E-state index contributed by atoms with van der Waals surface area (Å²) in [5, 5.41) is 5.23. The Morgan fingerprint density at radius 2 is 1.78 bits per heavy atom. The second-order valence-corrected chi connectivity index (χ2v) is 5.92. The number of urea groups is 1. The van der Waals surface area contributed by atoms with E-state index < -0.39 is 23.9 Å². The third kappa shape index (κ3) is 4.63. The molecule has 2 amide bonds. The summed E-state index contributed by atoms with van der Waals surface area (Å²) in [4.78, 5) is 24.4. The topological polar surface area (TPSA) is 76.7 Å². The van der Waals surface area contributed by atoms with E-state index in [-0.39, 0.29) is 18.8 Å². The van der Waals surface area contributed by atoms with Gasteiger partial charge in [-0.05, 0) is 36.8 Å². The van der Waals surface area contributed by atoms with E-state index >= 15 is 0 Å². The first-order valence-electron chi connectivity index (χ1n) is 8.43. The van der Waals surface area contributed by atoms with E-state index in [1.807, 2.05) is 18.2 Å². The molecule has 3 rings (SSSR count). The summed E-state index contributed by atoms with van der Waals surface area (Å²) in [5.41, 5.74) is 1.24. The molecule has 0 saturated carbocycles. The van der Waals surface area contributed by atoms with Gasteiger partial charge in [0.25, 0.3) is 0 Å². The molecule has 6 nitrogen and oxygen atoms in total. The Morgan fingerprint density at radius 3 is 2.48 bits per heavy atom. The van der Waals surface area contributed by atoms with Crippen LogP contribution < -0.4 is 15.4 Å². The lowest BCUT2D eigenvalue weighted by atomic mass is 9.95. The molecule has 0 aromatic heterocycles. The molecule has 0 fully saturated rings. The monoisotopic (exact) mass is 370 g/mol. The van der Waals surface area contributed by atoms with Crippen LogP contribution in [-0.2, 0) is 9.53 Å². The van der Waals surface area contributed by atoms with Crippen molar-refractivity contribution in [1.82, 2.24) is 10.6 Å². The van der Waals surface area contributed by atoms with Gasteiger partial charge >= 0.3 is 12.0 Å². The van der Waals surface area contributed by atoms with Gasteiger partial charge in [-0.1, -0.05) is 30.3 Å². The van der Waals surface area contributed by atoms with Crippen LogP contribution in [0.3, 0.4) is 0 Å². The summed E-state index contributed by atoms with van der Waals surface area (Å²) in [6.07, 6.45) is 0. The molecule has 27 heavy (non-hydrogen) atoms. The van der Waals surface area contributed by atoms with Crippen LogP contribution >= 0.6 is 0 Å². The van der Waals surface area contributed by atoms with Crippen molar-refractivity contribution in [2.45, 2.75) is 13.0 Å². The lowest BCUT2D eigenvalue weighted by Crippen LogP contribution is -2.45. The quantitative estimate of drug-likeness (QED) is 0.605. The summed E-state index contributed by atoms with van der Waals surface area (Å²) in [6.45, 7) is 1.87. The predicted octanol–water partition coefficient (Wildman–Crippen LogP) is 3.08. The number of esters is 1. The Kier molecular flexibility index (Phi) is 5.71. The second kappa shape index (κ2) is 8.35. The van der Waals surface area contributed by atoms with E-state index in [1.165, 1.54) is 24.3 Å². The van der Waals surface area contributed by atoms with Crippen molar-refractivity contribution >= 4 is 12.0 Å². The van der Waals surface area contributed by atoms with Gasteiger partial charge < -0.3 is 20.1 Å². The average Bonchev–Trinajstić information content (AvgIpc) is 2.66. The van der Waals surface area contributed by atoms with E-state index in [9.17, 15) is 14.0 Å². The molecular formula is C20H19FN2O4. The minimum absolute atomic E-state index is 0.0502. The third-order valence-corrected chi connectivity index (χ3v) is 4.02. The molecule has 0 aliphatic carbocycles. The maximum Gasteiger partial charge on any atom is 0.338 e. The molecule has 2 aromatic carbocycles. The van der Waals surface area contributed by atoms with Crippen molar-refractivity contribution in [2.75, 3.05) is 13.2 Å². The van der Waals surface area contributed by atoms with Gasteiger partial charge in [0.2, 0.25) is 0 Å². The van der Waals surface area contributed by atoms with Gasteiger partial charge in [0.1, 0.15) is 24.8 Å². The number of hydrogen-bond acceptors (Lipinski definition) is 4. The van der Waals surface area contributed by atoms with Crippen molar-refractivity contribution in [3.8, 4) is 5.75 Å². The number of allylic oxidation sites excluding steroid dienone is 1. The summed E-state index contributed by atoms with van der Waals surface area (Å²) in [5.74, 6) is -0.299. The molecule has 1 aliphatic rings. The molecule has 0 radical (unpaired) electrons. The Balaban J connectivity index is 1.67. The van der Waals surface area contributed by atoms with E-state index in [2.05, 4.69) is 10.6 Å². The first-order chi connectivity index (χ1) is 13.0. The van der Waals surface area contributed by atoms with E-state index in [0.29, 0.717) is 17.0 Å². The first kappa shape index (κ1) is 18.4. The van der Waals surface area contributed by atoms with Gasteiger partial charge in [-0.3, -0.25) is 0 Å². The number of amides is 2. The van der Waals surface area contributed by atoms with Crippen LogP contribution in [0.15, 0.2) is 65.9 Å². The van der Waals surface area contributed by atoms with Gasteiger partial charge in [-0.15, -0.1) is 0 Å². The normalized spacial score (nSPS) is 16.4. The Bertz CT molecular complexity index is 850. The predicted molar refractivity (Wildman–Crippen MR) is 96.4 cm³/mol. The number of nitrogens with one attached hydrogen (secondary N) is 2. The zero-order chi connectivity index (χ0) is 19.2. The van der Waals surface area contributed by atoms with Crippen LogP contribution in [0, 0.1) is 5.82 Å². The lowest BCUT2D eigenvalue weighted by molar-refractivity contribution is -0.140. The minimum atomic E-state index is -0.720. The highest BCUT2D eigenvalue weighted by molar-refractivity contribution is 5.95. The molecule has 2 N–H and O–H groups in total. The summed E-state index contributed by atoms with van der Waals surface area (Å²) < 4.78 is 24.0. The molecular weight excluding hydrogens is 351 g/mol. The second-order valence-electron chi connectivity index (χ2n) is 5.92. The zero-order valence-corrected chi connectivity index (χ0v) is 14.7. The highest BCUT2D eigenvalue weighted by Crippen LogP contribution is 2.27. The molecule has 1 heterocycles. The van der Waals surface area contributed by atoms with Crippen LogP contribution in [0.1, 0.15) is 18.5 Å². The third-order valence-electron chi connectivity index (χ3n) is 4.02. The van der Waals surface area contributed by atoms with Gasteiger partial charge in [0.15, 0.2) is 0 Å². The van der Waals surface area contributed by atoms with Crippen molar-refractivity contribution in [3.05, 3.63) is 77.2 Å². The average molecular weight is 370 g/mol. The number of carbonyl (C=O) groups is 2. The van der Waals surface area contributed by atoms with E-state index in [0.717, 1.165) is 0 Å². The maximum atomic E-state index is 13.2. The fourth-order valence-corrected chi connectivity index (χ4v) is 2.76. The number of benzene rings is 2. The number of halogens is 1. The Hall–Kier alpha value is -3.35. The van der Waals surface area contributed by atoms with Crippen molar-refractivity contribution in [2.24, 2.45) is 0 Å². The number of rotatable bonds is 6. The van der Waals surface area contributed by atoms with Crippen LogP contribution in [0.5, 0.6) is 5.75 Å². The smallest absolute Gasteiger partial charge is 0.338 e. The highest BCUT2D eigenvalue weighted by atomic mass is 19.1. The Morgan fingerprint density at radius 1 is 1.07 bits per heavy atom. The summed E-state index contributed by atoms with van der Waals surface area (Å²) in [7, 11) is 0. The fourth-order valence-electron chi connectivity index (χ4n) is 2.76. The number of carbonyl (C=O) groups excluding carboxylic acids is 2. The molecule has 0 spiro atoms. The molecule has 1 atom stereocenters. The van der Waals surface area contributed by atoms with Gasteiger partial charge in [0.05, 0.1) is 11.6 Å². The van der Waals surface area contributed by atoms with Gasteiger partial charge in [-0.25, -0.2) is 14.0 Å². The molecule has 140 valence electrons. The largest absolute Gasteiger partial charge is 0.490 e. The lowest BCUT2D eigenvalue weighted by Gasteiger charge is -2.28. The van der Waals surface area contributed by atoms with Gasteiger partial charge in [-0.2, -0.15) is 0 Å². The minimum Gasteiger partial charge on any atom is -0.490 e. The molecule has 7 heteroatoms. The van der Waals surface area contributed by atoms with Crippen molar-refractivity contribution < 1.29 is 23.5 Å². The van der Waals surface area contributed by atoms with Crippen LogP contribution in [-0.4, -0.2) is 25.2 Å². The molecule has 1 aliphatic heterocycles. The maximum absolute atomic E-state index is 13.2. The highest BCUT2D eigenvalue weighted by Gasteiger charge is 2.32. The SMILES string of the molecule is CC1=C(C(=O)OCCOc2ccccc2)[C@@H](c2ccc(F)cc2)NC(=O)N1. The van der Waals surface area contributed by atoms with Crippen molar-refractivity contribution in [3.63, 3.8) is 0 Å². The molecule has 2 aromatic rings. The molecule has 0 saturated heterocycles. The van der Waals surface area contributed by atoms with E-state index in [4.69, 9.17) is 9.47 Å². The summed E-state index contributed by atoms with van der Waals surface area (Å²) >= 11 is 0. The fraction of sp³-hybridized carbons (Fsp3) is 0.200. The molecule has 0 unspecified atom stereocenters. The number of para-hydroxylation sites is 1. The Labute approximate surface area is 156 Å². The summed E-state index contributed by atoms with van der Waals surface area (Å²) in [6, 6.07) is 13.6. The van der Waals surface area contributed by atoms with Crippen LogP contribution in [0.4, 0.5) is 9.18 Å². The van der Waals surface area contributed by atoms with Gasteiger partial charge in [0, 0.05) is 5.70 Å².